The Labute approximate surface area is 170 Å². The van der Waals surface area contributed by atoms with Crippen LogP contribution in [-0.2, 0) is 4.79 Å². The minimum absolute atomic E-state index is 0.406. The zero-order valence-electron chi connectivity index (χ0n) is 18.6. The molecule has 0 spiro atoms. The molecule has 0 aliphatic carbocycles. The first-order chi connectivity index (χ1) is 13.3. The number of hydrogen-bond acceptors (Lipinski definition) is 1. The molecule has 1 rings (SSSR count). The number of likely N-dealkylation sites (tertiary alicyclic amines) is 1. The number of hydrogen-bond donors (Lipinski definition) is 0. The summed E-state index contributed by atoms with van der Waals surface area (Å²) in [7, 11) is 0. The van der Waals surface area contributed by atoms with Gasteiger partial charge in [0.25, 0.3) is 0 Å². The summed E-state index contributed by atoms with van der Waals surface area (Å²) in [4.78, 5) is 14.0. The summed E-state index contributed by atoms with van der Waals surface area (Å²) in [6.45, 7) is 4.32. The highest BCUT2D eigenvalue weighted by molar-refractivity contribution is 5.76. The third kappa shape index (κ3) is 15.1. The average Bonchev–Trinajstić information content (AvgIpc) is 3.22. The normalized spacial score (nSPS) is 14.2. The molecule has 0 N–H and O–H groups in total. The van der Waals surface area contributed by atoms with Gasteiger partial charge in [0, 0.05) is 19.5 Å². The molecule has 1 amide bonds. The summed E-state index contributed by atoms with van der Waals surface area (Å²) >= 11 is 0. The van der Waals surface area contributed by atoms with Crippen LogP contribution < -0.4 is 0 Å². The first-order valence-corrected chi connectivity index (χ1v) is 12.6. The van der Waals surface area contributed by atoms with E-state index in [1.807, 2.05) is 0 Å². The van der Waals surface area contributed by atoms with Gasteiger partial charge in [-0.05, 0) is 19.3 Å². The minimum Gasteiger partial charge on any atom is -0.343 e. The molecular weight excluding hydrogens is 330 g/mol. The lowest BCUT2D eigenvalue weighted by atomic mass is 10.0. The van der Waals surface area contributed by atoms with Crippen molar-refractivity contribution in [2.24, 2.45) is 0 Å². The lowest BCUT2D eigenvalue weighted by Crippen LogP contribution is -2.27. The van der Waals surface area contributed by atoms with E-state index in [-0.39, 0.29) is 0 Å². The highest BCUT2D eigenvalue weighted by Crippen LogP contribution is 2.15. The van der Waals surface area contributed by atoms with Crippen molar-refractivity contribution in [3.8, 4) is 0 Å². The fraction of sp³-hybridized carbons (Fsp3) is 0.960. The highest BCUT2D eigenvalue weighted by Gasteiger charge is 2.16. The molecule has 1 heterocycles. The van der Waals surface area contributed by atoms with Gasteiger partial charge in [-0.1, -0.05) is 116 Å². The average molecular weight is 380 g/mol. The fourth-order valence-corrected chi connectivity index (χ4v) is 4.30. The number of rotatable bonds is 19. The maximum Gasteiger partial charge on any atom is 0.222 e. The zero-order chi connectivity index (χ0) is 19.4. The molecule has 1 saturated heterocycles. The van der Waals surface area contributed by atoms with Gasteiger partial charge in [-0.15, -0.1) is 0 Å². The second-order valence-corrected chi connectivity index (χ2v) is 8.85. The van der Waals surface area contributed by atoms with Crippen LogP contribution >= 0.6 is 0 Å². The van der Waals surface area contributed by atoms with Crippen LogP contribution in [0.3, 0.4) is 0 Å². The summed E-state index contributed by atoms with van der Waals surface area (Å²) in [5, 5.41) is 0. The van der Waals surface area contributed by atoms with E-state index in [4.69, 9.17) is 0 Å². The molecule has 0 aromatic heterocycles. The van der Waals surface area contributed by atoms with Crippen molar-refractivity contribution in [2.75, 3.05) is 13.1 Å². The Kier molecular flexibility index (Phi) is 17.1. The van der Waals surface area contributed by atoms with Gasteiger partial charge in [0.2, 0.25) is 5.91 Å². The minimum atomic E-state index is 0.406. The number of unbranched alkanes of at least 4 members (excludes halogenated alkanes) is 17. The summed E-state index contributed by atoms with van der Waals surface area (Å²) < 4.78 is 0. The number of nitrogens with zero attached hydrogens (tertiary/aromatic N) is 1. The first kappa shape index (κ1) is 24.5. The van der Waals surface area contributed by atoms with E-state index >= 15 is 0 Å². The number of amides is 1. The van der Waals surface area contributed by atoms with E-state index in [0.29, 0.717) is 5.91 Å². The smallest absolute Gasteiger partial charge is 0.222 e. The standard InChI is InChI=1S/C25H49NO/c1-2-3-4-5-6-7-8-9-10-11-12-13-14-15-16-17-18-19-22-25(27)26-23-20-21-24-26/h2-24H2,1H3. The lowest BCUT2D eigenvalue weighted by Gasteiger charge is -2.14. The Hall–Kier alpha value is -0.530. The Morgan fingerprint density at radius 3 is 1.26 bits per heavy atom. The van der Waals surface area contributed by atoms with Crippen LogP contribution in [0.4, 0.5) is 0 Å². The van der Waals surface area contributed by atoms with Crippen molar-refractivity contribution < 1.29 is 4.79 Å². The Balaban J connectivity index is 1.68. The molecule has 0 atom stereocenters. The van der Waals surface area contributed by atoms with Gasteiger partial charge >= 0.3 is 0 Å². The fourth-order valence-electron chi connectivity index (χ4n) is 4.30. The maximum absolute atomic E-state index is 11.9. The van der Waals surface area contributed by atoms with Gasteiger partial charge in [0.15, 0.2) is 0 Å². The van der Waals surface area contributed by atoms with Gasteiger partial charge in [-0.3, -0.25) is 4.79 Å². The largest absolute Gasteiger partial charge is 0.343 e. The molecular formula is C25H49NO. The first-order valence-electron chi connectivity index (χ1n) is 12.6. The molecule has 0 unspecified atom stereocenters. The molecule has 0 radical (unpaired) electrons. The molecule has 0 aromatic rings. The van der Waals surface area contributed by atoms with Crippen molar-refractivity contribution in [2.45, 2.75) is 142 Å². The third-order valence-electron chi connectivity index (χ3n) is 6.20. The van der Waals surface area contributed by atoms with Crippen LogP contribution in [0.15, 0.2) is 0 Å². The van der Waals surface area contributed by atoms with E-state index in [2.05, 4.69) is 11.8 Å². The van der Waals surface area contributed by atoms with Crippen LogP contribution in [0.5, 0.6) is 0 Å². The number of carbonyl (C=O) groups excluding carboxylic acids is 1. The summed E-state index contributed by atoms with van der Waals surface area (Å²) in [6, 6.07) is 0. The van der Waals surface area contributed by atoms with Crippen LogP contribution in [0.2, 0.25) is 0 Å². The van der Waals surface area contributed by atoms with Gasteiger partial charge in [0.1, 0.15) is 0 Å². The topological polar surface area (TPSA) is 20.3 Å². The molecule has 0 bridgehead atoms. The molecule has 27 heavy (non-hydrogen) atoms. The summed E-state index contributed by atoms with van der Waals surface area (Å²) in [6.07, 6.45) is 28.4. The molecule has 2 nitrogen and oxygen atoms in total. The summed E-state index contributed by atoms with van der Waals surface area (Å²) in [5.74, 6) is 0.406. The molecule has 0 saturated carbocycles. The monoisotopic (exact) mass is 379 g/mol. The van der Waals surface area contributed by atoms with Gasteiger partial charge in [-0.2, -0.15) is 0 Å². The highest BCUT2D eigenvalue weighted by atomic mass is 16.2. The van der Waals surface area contributed by atoms with Gasteiger partial charge in [-0.25, -0.2) is 0 Å². The van der Waals surface area contributed by atoms with Crippen LogP contribution in [-0.4, -0.2) is 23.9 Å². The SMILES string of the molecule is CCCCCCCCCCCCCCCCCCCCC(=O)N1CCCC1. The van der Waals surface area contributed by atoms with Crippen molar-refractivity contribution >= 4 is 5.91 Å². The van der Waals surface area contributed by atoms with Crippen molar-refractivity contribution in [3.05, 3.63) is 0 Å². The third-order valence-corrected chi connectivity index (χ3v) is 6.20. The zero-order valence-corrected chi connectivity index (χ0v) is 18.6. The van der Waals surface area contributed by atoms with E-state index in [1.165, 1.54) is 122 Å². The molecule has 1 fully saturated rings. The Morgan fingerprint density at radius 2 is 0.889 bits per heavy atom. The Bertz CT molecular complexity index is 322. The molecule has 0 aromatic carbocycles. The maximum atomic E-state index is 11.9. The second-order valence-electron chi connectivity index (χ2n) is 8.85. The quantitative estimate of drug-likeness (QED) is 0.208. The van der Waals surface area contributed by atoms with Gasteiger partial charge < -0.3 is 4.90 Å². The predicted molar refractivity (Wildman–Crippen MR) is 119 cm³/mol. The second kappa shape index (κ2) is 18.8. The molecule has 1 aliphatic rings. The lowest BCUT2D eigenvalue weighted by molar-refractivity contribution is -0.130. The van der Waals surface area contributed by atoms with E-state index in [0.717, 1.165) is 25.9 Å². The molecule has 160 valence electrons. The number of carbonyl (C=O) groups is 1. The van der Waals surface area contributed by atoms with Crippen LogP contribution in [0.1, 0.15) is 142 Å². The molecule has 1 aliphatic heterocycles. The van der Waals surface area contributed by atoms with E-state index < -0.39 is 0 Å². The van der Waals surface area contributed by atoms with E-state index in [9.17, 15) is 4.79 Å². The van der Waals surface area contributed by atoms with Crippen molar-refractivity contribution in [3.63, 3.8) is 0 Å². The Morgan fingerprint density at radius 1 is 0.556 bits per heavy atom. The van der Waals surface area contributed by atoms with Crippen molar-refractivity contribution in [1.82, 2.24) is 4.90 Å². The van der Waals surface area contributed by atoms with Crippen LogP contribution in [0.25, 0.3) is 0 Å². The molecule has 2 heteroatoms. The van der Waals surface area contributed by atoms with Crippen LogP contribution in [0, 0.1) is 0 Å². The summed E-state index contributed by atoms with van der Waals surface area (Å²) in [5.41, 5.74) is 0. The van der Waals surface area contributed by atoms with Crippen molar-refractivity contribution in [1.29, 1.82) is 0 Å². The predicted octanol–water partition coefficient (Wildman–Crippen LogP) is 8.04. The van der Waals surface area contributed by atoms with E-state index in [1.54, 1.807) is 0 Å². The van der Waals surface area contributed by atoms with Gasteiger partial charge in [0.05, 0.1) is 0 Å².